The van der Waals surface area contributed by atoms with Crippen LogP contribution >= 0.6 is 0 Å². The van der Waals surface area contributed by atoms with Crippen molar-refractivity contribution in [2.24, 2.45) is 0 Å². The van der Waals surface area contributed by atoms with Gasteiger partial charge in [0.25, 0.3) is 0 Å². The van der Waals surface area contributed by atoms with E-state index in [0.29, 0.717) is 18.1 Å². The Balaban J connectivity index is 1.50. The SMILES string of the molecule is CC(C)(O[Si](C)(C)C(C)(C)C)c1ncc(-c2ccc3nc4n(c3c2)[C@H](OC(=O)c2cccc(OC(F)F)c2)C[C@H]4O[Si](C)(C)C(C)(C)C)cn1. The van der Waals surface area contributed by atoms with Crippen LogP contribution in [0.1, 0.15) is 96.1 Å². The molecule has 0 unspecified atom stereocenters. The Morgan fingerprint density at radius 1 is 0.880 bits per heavy atom. The number of hydrogen-bond acceptors (Lipinski definition) is 8. The van der Waals surface area contributed by atoms with Gasteiger partial charge in [-0.1, -0.05) is 53.7 Å². The lowest BCUT2D eigenvalue weighted by Gasteiger charge is -2.42. The molecule has 1 aliphatic rings. The number of fused-ring (bicyclic) bond motifs is 3. The first kappa shape index (κ1) is 37.7. The molecular formula is C37H50F2N4O5Si2. The smallest absolute Gasteiger partial charge is 0.387 e. The third-order valence-electron chi connectivity index (χ3n) is 10.3. The molecule has 2 aromatic heterocycles. The van der Waals surface area contributed by atoms with E-state index in [9.17, 15) is 13.6 Å². The first-order valence-corrected chi connectivity index (χ1v) is 22.8. The highest BCUT2D eigenvalue weighted by molar-refractivity contribution is 6.74. The van der Waals surface area contributed by atoms with Crippen molar-refractivity contribution in [2.45, 2.75) is 123 Å². The maximum atomic E-state index is 13.4. The van der Waals surface area contributed by atoms with Crippen LogP contribution in [0.15, 0.2) is 54.9 Å². The Bertz CT molecular complexity index is 1860. The summed E-state index contributed by atoms with van der Waals surface area (Å²) in [4.78, 5) is 27.9. The summed E-state index contributed by atoms with van der Waals surface area (Å²) in [7, 11) is -4.34. The van der Waals surface area contributed by atoms with Gasteiger partial charge >= 0.3 is 12.6 Å². The molecule has 0 bridgehead atoms. The molecule has 0 radical (unpaired) electrons. The first-order valence-electron chi connectivity index (χ1n) is 17.0. The first-order chi connectivity index (χ1) is 23.0. The van der Waals surface area contributed by atoms with Gasteiger partial charge in [0.05, 0.1) is 16.6 Å². The number of ether oxygens (including phenoxy) is 2. The van der Waals surface area contributed by atoms with Crippen LogP contribution in [0.4, 0.5) is 8.78 Å². The Labute approximate surface area is 296 Å². The molecule has 0 spiro atoms. The van der Waals surface area contributed by atoms with Gasteiger partial charge in [-0.15, -0.1) is 0 Å². The van der Waals surface area contributed by atoms with Crippen molar-refractivity contribution in [1.29, 1.82) is 0 Å². The lowest BCUT2D eigenvalue weighted by atomic mass is 10.1. The molecule has 0 aliphatic carbocycles. The Hall–Kier alpha value is -3.53. The van der Waals surface area contributed by atoms with Crippen molar-refractivity contribution in [3.05, 3.63) is 72.1 Å². The van der Waals surface area contributed by atoms with Crippen LogP contribution in [-0.4, -0.2) is 48.7 Å². The van der Waals surface area contributed by atoms with Crippen molar-refractivity contribution >= 4 is 33.6 Å². The zero-order valence-corrected chi connectivity index (χ0v) is 33.2. The van der Waals surface area contributed by atoms with Gasteiger partial charge in [0.1, 0.15) is 23.3 Å². The van der Waals surface area contributed by atoms with Gasteiger partial charge in [-0.3, -0.25) is 4.57 Å². The van der Waals surface area contributed by atoms with E-state index < -0.39 is 47.1 Å². The largest absolute Gasteiger partial charge is 0.437 e. The molecule has 3 heterocycles. The third kappa shape index (κ3) is 7.70. The summed E-state index contributed by atoms with van der Waals surface area (Å²) in [5.41, 5.74) is 2.59. The zero-order chi connectivity index (χ0) is 37.0. The molecule has 13 heteroatoms. The predicted molar refractivity (Wildman–Crippen MR) is 195 cm³/mol. The van der Waals surface area contributed by atoms with E-state index in [2.05, 4.69) is 72.5 Å². The highest BCUT2D eigenvalue weighted by Gasteiger charge is 2.45. The lowest BCUT2D eigenvalue weighted by molar-refractivity contribution is -0.0500. The summed E-state index contributed by atoms with van der Waals surface area (Å²) < 4.78 is 51.8. The molecular weight excluding hydrogens is 675 g/mol. The van der Waals surface area contributed by atoms with Crippen LogP contribution in [0.25, 0.3) is 22.2 Å². The van der Waals surface area contributed by atoms with Crippen molar-refractivity contribution in [1.82, 2.24) is 19.5 Å². The van der Waals surface area contributed by atoms with Crippen molar-refractivity contribution in [3.63, 3.8) is 0 Å². The van der Waals surface area contributed by atoms with Gasteiger partial charge in [0, 0.05) is 24.4 Å². The second-order valence-electron chi connectivity index (χ2n) is 16.6. The van der Waals surface area contributed by atoms with Gasteiger partial charge in [0.15, 0.2) is 28.7 Å². The maximum Gasteiger partial charge on any atom is 0.387 e. The highest BCUT2D eigenvalue weighted by atomic mass is 28.4. The number of nitrogens with zero attached hydrogens (tertiary/aromatic N) is 4. The number of halogens is 2. The minimum atomic E-state index is -3.01. The minimum Gasteiger partial charge on any atom is -0.437 e. The molecule has 1 aliphatic heterocycles. The van der Waals surface area contributed by atoms with E-state index in [-0.39, 0.29) is 21.4 Å². The summed E-state index contributed by atoms with van der Waals surface area (Å²) >= 11 is 0. The Morgan fingerprint density at radius 2 is 1.52 bits per heavy atom. The van der Waals surface area contributed by atoms with Gasteiger partial charge < -0.3 is 18.3 Å². The highest BCUT2D eigenvalue weighted by Crippen LogP contribution is 2.47. The summed E-state index contributed by atoms with van der Waals surface area (Å²) in [5, 5.41) is -0.0216. The number of alkyl halides is 2. The standard InChI is InChI=1S/C37H50F2N4O5Si2/c1-35(2,3)49(9,10)47-29-20-30(46-32(44)24-14-13-15-26(18-24)45-34(38)39)43-28-19-23(16-17-27(28)42-31(29)43)25-21-40-33(41-22-25)37(7,8)48-50(11,12)36(4,5)6/h13-19,21-22,29-30,34H,20H2,1-12H3/t29-,30-/m1/s1. The number of carbonyl (C=O) groups excluding carboxylic acids is 1. The molecule has 0 saturated carbocycles. The van der Waals surface area contributed by atoms with Gasteiger partial charge in [-0.2, -0.15) is 8.78 Å². The molecule has 0 N–H and O–H groups in total. The van der Waals surface area contributed by atoms with Crippen LogP contribution in [0.5, 0.6) is 5.75 Å². The molecule has 9 nitrogen and oxygen atoms in total. The number of rotatable bonds is 10. The molecule has 0 saturated heterocycles. The fourth-order valence-corrected chi connectivity index (χ4v) is 8.50. The van der Waals surface area contributed by atoms with E-state index in [0.717, 1.165) is 22.2 Å². The molecule has 270 valence electrons. The number of carbonyl (C=O) groups is 1. The minimum absolute atomic E-state index is 0.0405. The summed E-state index contributed by atoms with van der Waals surface area (Å²) in [6.07, 6.45) is 2.80. The topological polar surface area (TPSA) is 97.6 Å². The van der Waals surface area contributed by atoms with Crippen molar-refractivity contribution < 1.29 is 31.9 Å². The van der Waals surface area contributed by atoms with E-state index in [1.807, 2.05) is 36.6 Å². The maximum absolute atomic E-state index is 13.4. The Morgan fingerprint density at radius 3 is 2.12 bits per heavy atom. The number of hydrogen-bond donors (Lipinski definition) is 0. The second-order valence-corrected chi connectivity index (χ2v) is 26.1. The average Bonchev–Trinajstić information content (AvgIpc) is 3.52. The quantitative estimate of drug-likeness (QED) is 0.118. The van der Waals surface area contributed by atoms with Gasteiger partial charge in [-0.25, -0.2) is 19.7 Å². The fourth-order valence-electron chi connectivity index (χ4n) is 5.56. The summed E-state index contributed by atoms with van der Waals surface area (Å²) in [5.74, 6) is 0.489. The van der Waals surface area contributed by atoms with Crippen LogP contribution in [0.3, 0.4) is 0 Å². The van der Waals surface area contributed by atoms with E-state index in [4.69, 9.17) is 28.5 Å². The predicted octanol–water partition coefficient (Wildman–Crippen LogP) is 10.2. The molecule has 50 heavy (non-hydrogen) atoms. The number of imidazole rings is 1. The monoisotopic (exact) mass is 724 g/mol. The second kappa shape index (κ2) is 13.2. The lowest BCUT2D eigenvalue weighted by Crippen LogP contribution is -2.46. The normalized spacial score (nSPS) is 17.3. The van der Waals surface area contributed by atoms with Crippen LogP contribution < -0.4 is 4.74 Å². The van der Waals surface area contributed by atoms with E-state index in [1.54, 1.807) is 12.4 Å². The van der Waals surface area contributed by atoms with Crippen LogP contribution in [0.2, 0.25) is 36.3 Å². The fraction of sp³-hybridized carbons (Fsp3) is 0.514. The van der Waals surface area contributed by atoms with Crippen molar-refractivity contribution in [2.75, 3.05) is 0 Å². The summed E-state index contributed by atoms with van der Waals surface area (Å²) in [6, 6.07) is 11.5. The van der Waals surface area contributed by atoms with E-state index >= 15 is 0 Å². The molecule has 2 aromatic carbocycles. The summed E-state index contributed by atoms with van der Waals surface area (Å²) in [6.45, 7) is 22.9. The molecule has 2 atom stereocenters. The third-order valence-corrected chi connectivity index (χ3v) is 19.4. The molecule has 5 rings (SSSR count). The van der Waals surface area contributed by atoms with Gasteiger partial charge in [-0.05, 0) is 86.0 Å². The molecule has 0 fully saturated rings. The van der Waals surface area contributed by atoms with Crippen LogP contribution in [0, 0.1) is 0 Å². The molecule has 0 amide bonds. The average molecular weight is 725 g/mol. The number of benzene rings is 2. The number of aromatic nitrogens is 4. The zero-order valence-electron chi connectivity index (χ0n) is 31.2. The molecule has 4 aromatic rings. The Kier molecular flexibility index (Phi) is 9.98. The van der Waals surface area contributed by atoms with Gasteiger partial charge in [0.2, 0.25) is 0 Å². The van der Waals surface area contributed by atoms with Crippen molar-refractivity contribution in [3.8, 4) is 16.9 Å². The van der Waals surface area contributed by atoms with Crippen LogP contribution in [-0.2, 0) is 19.2 Å². The number of esters is 1. The van der Waals surface area contributed by atoms with E-state index in [1.165, 1.54) is 24.3 Å².